The predicted octanol–water partition coefficient (Wildman–Crippen LogP) is 4.42. The highest BCUT2D eigenvalue weighted by atomic mass is 16.6. The third-order valence-electron chi connectivity index (χ3n) is 10.3. The van der Waals surface area contributed by atoms with Gasteiger partial charge in [-0.2, -0.15) is 0 Å². The van der Waals surface area contributed by atoms with E-state index >= 15 is 0 Å². The van der Waals surface area contributed by atoms with Crippen LogP contribution in [0.3, 0.4) is 0 Å². The second-order valence-electron chi connectivity index (χ2n) is 16.1. The first-order valence-electron chi connectivity index (χ1n) is 23.7. The maximum atomic E-state index is 12.1. The summed E-state index contributed by atoms with van der Waals surface area (Å²) in [5.74, 6) is 0. The molecule has 440 valence electrons. The van der Waals surface area contributed by atoms with Crippen LogP contribution in [0.2, 0.25) is 0 Å². The summed E-state index contributed by atoms with van der Waals surface area (Å²) in [4.78, 5) is 74.5. The first kappa shape index (κ1) is 78.8. The number of aliphatic hydroxyl groups excluding tert-OH is 4. The van der Waals surface area contributed by atoms with Crippen molar-refractivity contribution in [2.45, 2.75) is 143 Å². The van der Waals surface area contributed by atoms with Crippen LogP contribution < -0.4 is 21.3 Å². The number of hydrogen-bond donors (Lipinski definition) is 8. The summed E-state index contributed by atoms with van der Waals surface area (Å²) in [6, 6.07) is 0.0663. The molecule has 3 saturated carbocycles. The summed E-state index contributed by atoms with van der Waals surface area (Å²) in [7, 11) is 2.93. The van der Waals surface area contributed by atoms with Crippen LogP contribution in [-0.2, 0) is 52.2 Å². The zero-order chi connectivity index (χ0) is 52.7. The molecule has 0 aliphatic heterocycles. The molecule has 0 unspecified atom stereocenters. The van der Waals surface area contributed by atoms with Crippen molar-refractivity contribution in [3.05, 3.63) is 24.3 Å². The molecular weight excluding hydrogens is 989 g/mol. The Balaban J connectivity index is -0.000000416. The van der Waals surface area contributed by atoms with Crippen LogP contribution in [0.5, 0.6) is 0 Å². The normalized spacial score (nSPS) is 18.9. The largest absolute Gasteiger partial charge is 0.453 e. The number of alkyl carbamates (subject to hydrolysis) is 4. The molecule has 0 atom stereocenters. The fourth-order valence-electron chi connectivity index (χ4n) is 6.76. The molecule has 0 aromatic rings. The van der Waals surface area contributed by atoms with Gasteiger partial charge in [0.1, 0.15) is 19.8 Å². The molecule has 0 saturated heterocycles. The number of methoxy groups -OCH3 is 2. The number of aliphatic imine (C=N–C) groups is 2. The van der Waals surface area contributed by atoms with Gasteiger partial charge in [0.05, 0.1) is 105 Å². The zero-order valence-electron chi connectivity index (χ0n) is 41.5. The lowest BCUT2D eigenvalue weighted by Crippen LogP contribution is -2.44. The molecule has 3 aliphatic carbocycles. The number of aliphatic hydroxyl groups is 4. The highest BCUT2D eigenvalue weighted by Gasteiger charge is 2.26. The van der Waals surface area contributed by atoms with Gasteiger partial charge >= 0.3 is 24.4 Å². The van der Waals surface area contributed by atoms with Crippen LogP contribution in [0.4, 0.5) is 19.2 Å². The highest BCUT2D eigenvalue weighted by molar-refractivity contribution is 5.69. The quantitative estimate of drug-likeness (QED) is 0.0177. The molecule has 75 heavy (non-hydrogen) atoms. The van der Waals surface area contributed by atoms with Crippen molar-refractivity contribution in [2.75, 3.05) is 120 Å². The molecule has 3 fully saturated rings. The summed E-state index contributed by atoms with van der Waals surface area (Å²) in [5, 5.41) is 43.2. The average molecular weight is 1090 g/mol. The molecule has 25 nitrogen and oxygen atoms in total. The number of nitrogens with one attached hydrogen (secondary N) is 4. The Morgan fingerprint density at radius 3 is 0.987 bits per heavy atom. The van der Waals surface area contributed by atoms with Crippen LogP contribution in [-0.4, -0.2) is 213 Å². The Labute approximate surface area is 445 Å². The van der Waals surface area contributed by atoms with E-state index in [4.69, 9.17) is 58.3 Å². The number of isocyanates is 2. The van der Waals surface area contributed by atoms with E-state index in [0.29, 0.717) is 91.4 Å². The lowest BCUT2D eigenvalue weighted by atomic mass is 9.91. The maximum Gasteiger partial charge on any atom is 0.407 e. The van der Waals surface area contributed by atoms with Crippen LogP contribution in [0.1, 0.15) is 107 Å². The second kappa shape index (κ2) is 55.2. The SMILES string of the molecule is C.C.C.C.C=C(COCCO)COCCO.C=C(COCCOC)COCCOC(=O)NC1CCC(NC(=O)OCCOC(=O)NC2CCC(NC(=O)OC)CC2)CC1.O=C=NC1CCC(N=C=O)CC1.OCCO. The van der Waals surface area contributed by atoms with Crippen LogP contribution in [0.25, 0.3) is 0 Å². The van der Waals surface area contributed by atoms with Gasteiger partial charge in [0.2, 0.25) is 12.2 Å². The number of carbonyl (C=O) groups is 4. The van der Waals surface area contributed by atoms with Crippen molar-refractivity contribution in [3.63, 3.8) is 0 Å². The minimum atomic E-state index is -0.583. The zero-order valence-corrected chi connectivity index (χ0v) is 41.5. The van der Waals surface area contributed by atoms with Gasteiger partial charge in [-0.3, -0.25) is 0 Å². The number of ether oxygens (including phenoxy) is 9. The van der Waals surface area contributed by atoms with E-state index in [9.17, 15) is 28.8 Å². The van der Waals surface area contributed by atoms with Gasteiger partial charge in [-0.15, -0.1) is 0 Å². The first-order valence-corrected chi connectivity index (χ1v) is 23.7. The molecule has 0 spiro atoms. The number of amides is 4. The summed E-state index contributed by atoms with van der Waals surface area (Å²) in [5.41, 5.74) is 1.59. The van der Waals surface area contributed by atoms with E-state index in [2.05, 4.69) is 49.1 Å². The summed E-state index contributed by atoms with van der Waals surface area (Å²) in [6.45, 7) is 10.7. The lowest BCUT2D eigenvalue weighted by Gasteiger charge is -2.29. The van der Waals surface area contributed by atoms with E-state index in [1.54, 1.807) is 19.3 Å². The molecule has 0 bridgehead atoms. The van der Waals surface area contributed by atoms with E-state index < -0.39 is 24.4 Å². The summed E-state index contributed by atoms with van der Waals surface area (Å²) in [6.07, 6.45) is 9.87. The van der Waals surface area contributed by atoms with Crippen molar-refractivity contribution in [1.82, 2.24) is 21.3 Å². The monoisotopic (exact) mass is 1080 g/mol. The van der Waals surface area contributed by atoms with Gasteiger partial charge in [-0.25, -0.2) is 38.8 Å². The molecule has 25 heteroatoms. The van der Waals surface area contributed by atoms with E-state index in [-0.39, 0.29) is 119 Å². The fraction of sp³-hybridized carbons (Fsp3) is 0.800. The lowest BCUT2D eigenvalue weighted by molar-refractivity contribution is 0.0615. The number of hydrogen-bond acceptors (Lipinski definition) is 21. The first-order chi connectivity index (χ1) is 34.4. The van der Waals surface area contributed by atoms with Crippen molar-refractivity contribution < 1.29 is 91.8 Å². The van der Waals surface area contributed by atoms with E-state index in [1.165, 1.54) is 7.11 Å². The van der Waals surface area contributed by atoms with Gasteiger partial charge < -0.3 is 84.3 Å². The van der Waals surface area contributed by atoms with Gasteiger partial charge in [-0.1, -0.05) is 42.9 Å². The maximum absolute atomic E-state index is 12.1. The Hall–Kier alpha value is -5.04. The minimum absolute atomic E-state index is 0. The Kier molecular flexibility index (Phi) is 58.0. The van der Waals surface area contributed by atoms with Crippen LogP contribution in [0, 0.1) is 0 Å². The molecule has 8 N–H and O–H groups in total. The molecule has 3 aliphatic rings. The third-order valence-corrected chi connectivity index (χ3v) is 10.3. The molecule has 0 aromatic carbocycles. The predicted molar refractivity (Wildman–Crippen MR) is 282 cm³/mol. The van der Waals surface area contributed by atoms with Crippen LogP contribution >= 0.6 is 0 Å². The smallest absolute Gasteiger partial charge is 0.407 e. The fourth-order valence-corrected chi connectivity index (χ4v) is 6.76. The van der Waals surface area contributed by atoms with E-state index in [0.717, 1.165) is 49.7 Å². The van der Waals surface area contributed by atoms with Gasteiger partial charge in [0.15, 0.2) is 0 Å². The minimum Gasteiger partial charge on any atom is -0.453 e. The number of rotatable bonds is 28. The molecular formula is C50H96N6O19. The van der Waals surface area contributed by atoms with Crippen LogP contribution in [0.15, 0.2) is 34.3 Å². The molecule has 3 rings (SSSR count). The topological polar surface area (TPSA) is 339 Å². The molecule has 0 radical (unpaired) electrons. The standard InChI is InChI=1S/C28H48N4O11.C8H10N2O2.C8H16O4.C2H6O2.4CH4/c1-20(18-39-13-12-37-2)19-40-14-15-41-26(34)30-23-8-10-24(11-9-23)32-28(36)43-17-16-42-27(35)31-22-6-4-21(5-7-22)29-25(33)38-3;11-5-9-7-1-2-8(4-3-7)10-6-12;1-8(6-11-4-2-9)7-12-5-3-10;3-1-2-4;;;;/h21-24H,1,4-19H2,2-3H3,(H,29,33)(H,30,34)(H,31,35)(H,32,36);7-8H,1-4H2;9-10H,1-7H2;3-4H,1-2H2;4*1H4. The van der Waals surface area contributed by atoms with Crippen molar-refractivity contribution in [3.8, 4) is 0 Å². The number of nitrogens with zero attached hydrogens (tertiary/aromatic N) is 2. The van der Waals surface area contributed by atoms with Crippen molar-refractivity contribution in [1.29, 1.82) is 0 Å². The van der Waals surface area contributed by atoms with Gasteiger partial charge in [0.25, 0.3) is 0 Å². The Morgan fingerprint density at radius 2 is 0.720 bits per heavy atom. The summed E-state index contributed by atoms with van der Waals surface area (Å²) < 4.78 is 45.6. The Bertz CT molecular complexity index is 1490. The van der Waals surface area contributed by atoms with Crippen molar-refractivity contribution in [2.24, 2.45) is 9.98 Å². The third kappa shape index (κ3) is 47.2. The highest BCUT2D eigenvalue weighted by Crippen LogP contribution is 2.23. The molecule has 0 aromatic heterocycles. The van der Waals surface area contributed by atoms with Crippen molar-refractivity contribution >= 4 is 36.5 Å². The number of carbonyl (C=O) groups excluding carboxylic acids is 6. The molecule has 0 heterocycles. The average Bonchev–Trinajstić information content (AvgIpc) is 3.36. The summed E-state index contributed by atoms with van der Waals surface area (Å²) >= 11 is 0. The van der Waals surface area contributed by atoms with E-state index in [1.807, 2.05) is 0 Å². The van der Waals surface area contributed by atoms with Gasteiger partial charge in [0, 0.05) is 31.3 Å². The second-order valence-corrected chi connectivity index (χ2v) is 16.1. The van der Waals surface area contributed by atoms with Gasteiger partial charge in [-0.05, 0) is 88.2 Å². The Morgan fingerprint density at radius 1 is 0.440 bits per heavy atom. The molecule has 4 amide bonds.